The van der Waals surface area contributed by atoms with Crippen LogP contribution < -0.4 is 0 Å². The summed E-state index contributed by atoms with van der Waals surface area (Å²) in [7, 11) is 0. The van der Waals surface area contributed by atoms with Gasteiger partial charge in [-0.15, -0.1) is 0 Å². The van der Waals surface area contributed by atoms with E-state index in [-0.39, 0.29) is 38.7 Å². The SMILES string of the molecule is CC(C)(C)OC(=O)N1CC(O)(CN(Cc2ccccc2)C(=O)OCC2c3ccccc3-c3ccccc32)C1. The van der Waals surface area contributed by atoms with Crippen molar-refractivity contribution in [2.75, 3.05) is 26.2 Å². The van der Waals surface area contributed by atoms with Crippen LogP contribution in [-0.2, 0) is 16.0 Å². The molecule has 1 N–H and O–H groups in total. The molecule has 1 saturated heterocycles. The fourth-order valence-electron chi connectivity index (χ4n) is 5.25. The smallest absolute Gasteiger partial charge is 0.410 e. The van der Waals surface area contributed by atoms with Gasteiger partial charge in [-0.2, -0.15) is 0 Å². The summed E-state index contributed by atoms with van der Waals surface area (Å²) in [4.78, 5) is 28.8. The number of rotatable bonds is 6. The molecule has 0 atom stereocenters. The predicted octanol–water partition coefficient (Wildman–Crippen LogP) is 5.42. The van der Waals surface area contributed by atoms with Crippen LogP contribution in [0.5, 0.6) is 0 Å². The minimum Gasteiger partial charge on any atom is -0.448 e. The standard InChI is InChI=1S/C31H34N2O5/c1-30(2,3)38-29(35)33-20-31(36,21-33)19-32(17-22-11-5-4-6-12-22)28(34)37-18-27-25-15-9-7-13-23(25)24-14-8-10-16-26(24)27/h4-16,27,36H,17-21H2,1-3H3. The molecule has 0 spiro atoms. The fourth-order valence-corrected chi connectivity index (χ4v) is 5.25. The lowest BCUT2D eigenvalue weighted by atomic mass is 9.94. The van der Waals surface area contributed by atoms with Gasteiger partial charge in [0.2, 0.25) is 0 Å². The molecule has 1 aliphatic carbocycles. The topological polar surface area (TPSA) is 79.3 Å². The van der Waals surface area contributed by atoms with E-state index in [1.165, 1.54) is 9.80 Å². The third kappa shape index (κ3) is 5.53. The molecule has 0 aromatic heterocycles. The molecule has 2 amide bonds. The van der Waals surface area contributed by atoms with Crippen LogP contribution in [0.2, 0.25) is 0 Å². The molecule has 1 aliphatic heterocycles. The molecule has 7 nitrogen and oxygen atoms in total. The molecule has 3 aromatic rings. The normalized spacial score (nSPS) is 15.7. The highest BCUT2D eigenvalue weighted by molar-refractivity contribution is 5.79. The van der Waals surface area contributed by atoms with Gasteiger partial charge in [0.1, 0.15) is 17.8 Å². The number of ether oxygens (including phenoxy) is 2. The number of nitrogens with zero attached hydrogens (tertiary/aromatic N) is 2. The van der Waals surface area contributed by atoms with Gasteiger partial charge in [0, 0.05) is 12.5 Å². The van der Waals surface area contributed by atoms with Gasteiger partial charge < -0.3 is 24.4 Å². The van der Waals surface area contributed by atoms with Gasteiger partial charge in [-0.05, 0) is 48.6 Å². The van der Waals surface area contributed by atoms with Gasteiger partial charge in [-0.25, -0.2) is 9.59 Å². The maximum Gasteiger partial charge on any atom is 0.410 e. The first-order chi connectivity index (χ1) is 18.1. The molecule has 0 unspecified atom stereocenters. The summed E-state index contributed by atoms with van der Waals surface area (Å²) in [6, 6.07) is 26.0. The molecule has 3 aromatic carbocycles. The van der Waals surface area contributed by atoms with Crippen molar-refractivity contribution < 1.29 is 24.2 Å². The zero-order valence-corrected chi connectivity index (χ0v) is 22.1. The predicted molar refractivity (Wildman–Crippen MR) is 145 cm³/mol. The third-order valence-electron chi connectivity index (χ3n) is 6.92. The number of likely N-dealkylation sites (tertiary alicyclic amines) is 1. The van der Waals surface area contributed by atoms with Crippen molar-refractivity contribution in [3.05, 3.63) is 95.6 Å². The maximum absolute atomic E-state index is 13.4. The molecule has 0 saturated carbocycles. The van der Waals surface area contributed by atoms with E-state index in [1.54, 1.807) is 20.8 Å². The van der Waals surface area contributed by atoms with Gasteiger partial charge in [-0.1, -0.05) is 78.9 Å². The minimum atomic E-state index is -1.24. The van der Waals surface area contributed by atoms with Gasteiger partial charge in [0.25, 0.3) is 0 Å². The van der Waals surface area contributed by atoms with Crippen LogP contribution in [0.25, 0.3) is 11.1 Å². The van der Waals surface area contributed by atoms with E-state index in [0.717, 1.165) is 27.8 Å². The van der Waals surface area contributed by atoms with Crippen LogP contribution in [0.3, 0.4) is 0 Å². The second-order valence-electron chi connectivity index (χ2n) is 11.2. The van der Waals surface area contributed by atoms with Crippen LogP contribution in [0.15, 0.2) is 78.9 Å². The molecule has 0 bridgehead atoms. The van der Waals surface area contributed by atoms with Crippen molar-refractivity contribution in [1.82, 2.24) is 9.80 Å². The average Bonchev–Trinajstić information content (AvgIpc) is 3.18. The molecule has 7 heteroatoms. The van der Waals surface area contributed by atoms with Gasteiger partial charge in [-0.3, -0.25) is 0 Å². The van der Waals surface area contributed by atoms with Crippen molar-refractivity contribution >= 4 is 12.2 Å². The summed E-state index contributed by atoms with van der Waals surface area (Å²) in [6.45, 7) is 6.10. The number of carbonyl (C=O) groups excluding carboxylic acids is 2. The number of β-amino-alcohol motifs (C(OH)–C–C–N with tert-alkyl or cyclic N) is 1. The molecule has 198 valence electrons. The molecular weight excluding hydrogens is 480 g/mol. The van der Waals surface area contributed by atoms with E-state index in [4.69, 9.17) is 9.47 Å². The van der Waals surface area contributed by atoms with E-state index < -0.39 is 23.4 Å². The molecule has 5 rings (SSSR count). The Morgan fingerprint density at radius 1 is 0.921 bits per heavy atom. The first kappa shape index (κ1) is 25.8. The zero-order valence-electron chi connectivity index (χ0n) is 22.1. The molecule has 0 radical (unpaired) electrons. The Labute approximate surface area is 223 Å². The summed E-state index contributed by atoms with van der Waals surface area (Å²) >= 11 is 0. The molecule has 38 heavy (non-hydrogen) atoms. The number of aliphatic hydroxyl groups is 1. The third-order valence-corrected chi connectivity index (χ3v) is 6.92. The van der Waals surface area contributed by atoms with E-state index >= 15 is 0 Å². The van der Waals surface area contributed by atoms with Crippen molar-refractivity contribution in [3.8, 4) is 11.1 Å². The van der Waals surface area contributed by atoms with Crippen molar-refractivity contribution in [2.45, 2.75) is 44.4 Å². The van der Waals surface area contributed by atoms with Gasteiger partial charge in [0.15, 0.2) is 0 Å². The van der Waals surface area contributed by atoms with Gasteiger partial charge >= 0.3 is 12.2 Å². The van der Waals surface area contributed by atoms with Crippen LogP contribution in [0.1, 0.15) is 43.4 Å². The Hall–Kier alpha value is -3.84. The number of hydrogen-bond donors (Lipinski definition) is 1. The fraction of sp³-hybridized carbons (Fsp3) is 0.355. The summed E-state index contributed by atoms with van der Waals surface area (Å²) in [5.41, 5.74) is 3.67. The Kier molecular flexibility index (Phi) is 6.88. The number of benzene rings is 3. The number of carbonyl (C=O) groups is 2. The number of hydrogen-bond acceptors (Lipinski definition) is 5. The molecule has 2 aliphatic rings. The maximum atomic E-state index is 13.4. The summed E-state index contributed by atoms with van der Waals surface area (Å²) < 4.78 is 11.3. The Balaban J connectivity index is 1.28. The Morgan fingerprint density at radius 3 is 2.05 bits per heavy atom. The van der Waals surface area contributed by atoms with E-state index in [2.05, 4.69) is 24.3 Å². The second-order valence-corrected chi connectivity index (χ2v) is 11.2. The molecular formula is C31H34N2O5. The molecule has 1 fully saturated rings. The lowest BCUT2D eigenvalue weighted by molar-refractivity contribution is -0.110. The first-order valence-electron chi connectivity index (χ1n) is 13.0. The summed E-state index contributed by atoms with van der Waals surface area (Å²) in [5.74, 6) is -0.0561. The lowest BCUT2D eigenvalue weighted by Gasteiger charge is -2.47. The minimum absolute atomic E-state index is 0.0395. The van der Waals surface area contributed by atoms with Crippen molar-refractivity contribution in [1.29, 1.82) is 0 Å². The number of amides is 2. The van der Waals surface area contributed by atoms with Gasteiger partial charge in [0.05, 0.1) is 19.6 Å². The zero-order chi connectivity index (χ0) is 26.9. The van der Waals surface area contributed by atoms with E-state index in [0.29, 0.717) is 0 Å². The lowest BCUT2D eigenvalue weighted by Crippen LogP contribution is -2.68. The quantitative estimate of drug-likeness (QED) is 0.475. The monoisotopic (exact) mass is 514 g/mol. The van der Waals surface area contributed by atoms with Crippen LogP contribution >= 0.6 is 0 Å². The highest BCUT2D eigenvalue weighted by Crippen LogP contribution is 2.44. The average molecular weight is 515 g/mol. The second kappa shape index (κ2) is 10.1. The largest absolute Gasteiger partial charge is 0.448 e. The van der Waals surface area contributed by atoms with Crippen LogP contribution in [0.4, 0.5) is 9.59 Å². The summed E-state index contributed by atoms with van der Waals surface area (Å²) in [6.07, 6.45) is -0.974. The van der Waals surface area contributed by atoms with E-state index in [9.17, 15) is 14.7 Å². The van der Waals surface area contributed by atoms with E-state index in [1.807, 2.05) is 54.6 Å². The van der Waals surface area contributed by atoms with Crippen LogP contribution in [-0.4, -0.2) is 64.5 Å². The van der Waals surface area contributed by atoms with Crippen molar-refractivity contribution in [3.63, 3.8) is 0 Å². The Bertz CT molecular complexity index is 1270. The highest BCUT2D eigenvalue weighted by atomic mass is 16.6. The molecule has 1 heterocycles. The highest BCUT2D eigenvalue weighted by Gasteiger charge is 2.47. The van der Waals surface area contributed by atoms with Crippen molar-refractivity contribution in [2.24, 2.45) is 0 Å². The summed E-state index contributed by atoms with van der Waals surface area (Å²) in [5, 5.41) is 11.2. The Morgan fingerprint density at radius 2 is 1.47 bits per heavy atom. The van der Waals surface area contributed by atoms with Crippen LogP contribution in [0, 0.1) is 0 Å². The first-order valence-corrected chi connectivity index (χ1v) is 13.0. The number of fused-ring (bicyclic) bond motifs is 3.